The maximum absolute atomic E-state index is 13.2. The lowest BCUT2D eigenvalue weighted by Gasteiger charge is -2.21. The fraction of sp³-hybridized carbons (Fsp3) is 0.259. The van der Waals surface area contributed by atoms with E-state index in [9.17, 15) is 14.0 Å². The Morgan fingerprint density at radius 1 is 0.818 bits per heavy atom. The van der Waals surface area contributed by atoms with Crippen LogP contribution in [0.25, 0.3) is 0 Å². The van der Waals surface area contributed by atoms with Crippen molar-refractivity contribution in [2.24, 2.45) is 5.92 Å². The lowest BCUT2D eigenvalue weighted by atomic mass is 9.88. The molecule has 170 valence electrons. The van der Waals surface area contributed by atoms with E-state index >= 15 is 0 Å². The summed E-state index contributed by atoms with van der Waals surface area (Å²) in [5, 5.41) is 5.42. The molecule has 6 heteroatoms. The number of anilines is 2. The summed E-state index contributed by atoms with van der Waals surface area (Å²) in [6.07, 6.45) is 5.31. The summed E-state index contributed by atoms with van der Waals surface area (Å²) in [5.74, 6) is -0.400. The molecule has 0 spiro atoms. The van der Waals surface area contributed by atoms with Crippen LogP contribution in [0.2, 0.25) is 0 Å². The van der Waals surface area contributed by atoms with E-state index in [2.05, 4.69) is 10.6 Å². The molecule has 0 aromatic heterocycles. The highest BCUT2D eigenvalue weighted by Crippen LogP contribution is 2.37. The number of rotatable bonds is 7. The van der Waals surface area contributed by atoms with E-state index in [1.54, 1.807) is 12.1 Å². The van der Waals surface area contributed by atoms with Crippen molar-refractivity contribution in [1.82, 2.24) is 0 Å². The van der Waals surface area contributed by atoms with E-state index in [1.165, 1.54) is 30.3 Å². The van der Waals surface area contributed by atoms with Gasteiger partial charge in [0.1, 0.15) is 11.1 Å². The van der Waals surface area contributed by atoms with Gasteiger partial charge in [0, 0.05) is 22.2 Å². The predicted molar refractivity (Wildman–Crippen MR) is 132 cm³/mol. The Morgan fingerprint density at radius 3 is 2.27 bits per heavy atom. The standard InChI is InChI=1S/C27H27FN2O2S/c28-21-14-16-22(17-15-21)29-27(32)25(19-8-3-1-4-9-19)33-24-13-7-12-23(18-24)30-26(31)20-10-5-2-6-11-20/h1,3-4,7-9,12-18,20,25H,2,5-6,10-11H2,(H,29,32)(H,30,31). The van der Waals surface area contributed by atoms with Crippen LogP contribution < -0.4 is 10.6 Å². The van der Waals surface area contributed by atoms with Gasteiger partial charge < -0.3 is 10.6 Å². The second-order valence-corrected chi connectivity index (χ2v) is 9.44. The van der Waals surface area contributed by atoms with E-state index in [0.717, 1.165) is 41.8 Å². The van der Waals surface area contributed by atoms with Crippen molar-refractivity contribution >= 4 is 35.0 Å². The van der Waals surface area contributed by atoms with Gasteiger partial charge in [-0.05, 0) is 60.9 Å². The number of benzene rings is 3. The number of hydrogen-bond donors (Lipinski definition) is 2. The van der Waals surface area contributed by atoms with Gasteiger partial charge in [-0.15, -0.1) is 11.8 Å². The first-order valence-electron chi connectivity index (χ1n) is 11.3. The third kappa shape index (κ3) is 6.45. The molecular weight excluding hydrogens is 435 g/mol. The molecule has 1 saturated carbocycles. The summed E-state index contributed by atoms with van der Waals surface area (Å²) in [6, 6.07) is 22.9. The van der Waals surface area contributed by atoms with Crippen molar-refractivity contribution < 1.29 is 14.0 Å². The van der Waals surface area contributed by atoms with Crippen LogP contribution in [-0.4, -0.2) is 11.8 Å². The first-order chi connectivity index (χ1) is 16.1. The fourth-order valence-corrected chi connectivity index (χ4v) is 5.12. The van der Waals surface area contributed by atoms with Crippen LogP contribution >= 0.6 is 11.8 Å². The number of hydrogen-bond acceptors (Lipinski definition) is 3. The van der Waals surface area contributed by atoms with Gasteiger partial charge >= 0.3 is 0 Å². The SMILES string of the molecule is O=C(Nc1cccc(SC(C(=O)Nc2ccc(F)cc2)c2ccccc2)c1)C1CCCCC1. The molecule has 1 fully saturated rings. The first-order valence-corrected chi connectivity index (χ1v) is 12.2. The number of halogens is 1. The summed E-state index contributed by atoms with van der Waals surface area (Å²) in [4.78, 5) is 26.7. The van der Waals surface area contributed by atoms with Crippen molar-refractivity contribution in [3.8, 4) is 0 Å². The summed E-state index contributed by atoms with van der Waals surface area (Å²) >= 11 is 1.41. The zero-order valence-electron chi connectivity index (χ0n) is 18.3. The van der Waals surface area contributed by atoms with Crippen molar-refractivity contribution in [2.75, 3.05) is 10.6 Å². The quantitative estimate of drug-likeness (QED) is 0.379. The van der Waals surface area contributed by atoms with E-state index in [1.807, 2.05) is 54.6 Å². The summed E-state index contributed by atoms with van der Waals surface area (Å²) in [7, 11) is 0. The summed E-state index contributed by atoms with van der Waals surface area (Å²) in [6.45, 7) is 0. The topological polar surface area (TPSA) is 58.2 Å². The molecule has 1 atom stereocenters. The lowest BCUT2D eigenvalue weighted by molar-refractivity contribution is -0.120. The predicted octanol–water partition coefficient (Wildman–Crippen LogP) is 6.82. The van der Waals surface area contributed by atoms with Gasteiger partial charge in [0.05, 0.1) is 0 Å². The maximum atomic E-state index is 13.2. The van der Waals surface area contributed by atoms with Crippen molar-refractivity contribution in [2.45, 2.75) is 42.2 Å². The molecule has 2 amide bonds. The largest absolute Gasteiger partial charge is 0.326 e. The van der Waals surface area contributed by atoms with Gasteiger partial charge in [-0.2, -0.15) is 0 Å². The second-order valence-electron chi connectivity index (χ2n) is 8.26. The van der Waals surface area contributed by atoms with Crippen molar-refractivity contribution in [3.63, 3.8) is 0 Å². The van der Waals surface area contributed by atoms with Gasteiger partial charge in [-0.25, -0.2) is 4.39 Å². The molecule has 1 aliphatic rings. The van der Waals surface area contributed by atoms with Crippen LogP contribution in [0.1, 0.15) is 42.9 Å². The molecule has 1 unspecified atom stereocenters. The van der Waals surface area contributed by atoms with E-state index in [4.69, 9.17) is 0 Å². The molecule has 4 rings (SSSR count). The van der Waals surface area contributed by atoms with Crippen molar-refractivity contribution in [1.29, 1.82) is 0 Å². The molecule has 0 bridgehead atoms. The third-order valence-corrected chi connectivity index (χ3v) is 7.03. The normalized spacial score (nSPS) is 14.9. The third-order valence-electron chi connectivity index (χ3n) is 5.78. The molecule has 3 aromatic carbocycles. The molecule has 0 saturated heterocycles. The Bertz CT molecular complexity index is 1080. The molecule has 0 radical (unpaired) electrons. The van der Waals surface area contributed by atoms with Gasteiger partial charge in [0.2, 0.25) is 11.8 Å². The van der Waals surface area contributed by atoms with Crippen LogP contribution in [0.15, 0.2) is 83.8 Å². The summed E-state index contributed by atoms with van der Waals surface area (Å²) in [5.41, 5.74) is 2.14. The molecule has 0 aliphatic heterocycles. The molecule has 3 aromatic rings. The minimum atomic E-state index is -0.513. The minimum absolute atomic E-state index is 0.0745. The number of thioether (sulfide) groups is 1. The van der Waals surface area contributed by atoms with Gasteiger partial charge in [-0.3, -0.25) is 9.59 Å². The number of nitrogens with one attached hydrogen (secondary N) is 2. The van der Waals surface area contributed by atoms with Crippen LogP contribution in [0, 0.1) is 11.7 Å². The molecule has 0 heterocycles. The molecular formula is C27H27FN2O2S. The first kappa shape index (κ1) is 23.1. The highest BCUT2D eigenvalue weighted by molar-refractivity contribution is 8.00. The smallest absolute Gasteiger partial charge is 0.242 e. The Morgan fingerprint density at radius 2 is 1.55 bits per heavy atom. The number of carbonyl (C=O) groups excluding carboxylic acids is 2. The Kier molecular flexibility index (Phi) is 7.79. The monoisotopic (exact) mass is 462 g/mol. The zero-order valence-corrected chi connectivity index (χ0v) is 19.1. The Hall–Kier alpha value is -3.12. The fourth-order valence-electron chi connectivity index (χ4n) is 4.03. The van der Waals surface area contributed by atoms with E-state index in [0.29, 0.717) is 5.69 Å². The lowest BCUT2D eigenvalue weighted by Crippen LogP contribution is -2.24. The van der Waals surface area contributed by atoms with Crippen LogP contribution in [0.5, 0.6) is 0 Å². The van der Waals surface area contributed by atoms with Gasteiger partial charge in [0.15, 0.2) is 0 Å². The number of carbonyl (C=O) groups is 2. The van der Waals surface area contributed by atoms with Gasteiger partial charge in [-0.1, -0.05) is 55.7 Å². The maximum Gasteiger partial charge on any atom is 0.242 e. The second kappa shape index (κ2) is 11.1. The van der Waals surface area contributed by atoms with Gasteiger partial charge in [0.25, 0.3) is 0 Å². The summed E-state index contributed by atoms with van der Waals surface area (Å²) < 4.78 is 13.2. The number of amides is 2. The average Bonchev–Trinajstić information content (AvgIpc) is 2.85. The molecule has 33 heavy (non-hydrogen) atoms. The molecule has 1 aliphatic carbocycles. The Labute approximate surface area is 198 Å². The van der Waals surface area contributed by atoms with E-state index < -0.39 is 5.25 Å². The molecule has 2 N–H and O–H groups in total. The Balaban J connectivity index is 1.50. The van der Waals surface area contributed by atoms with Crippen LogP contribution in [0.3, 0.4) is 0 Å². The van der Waals surface area contributed by atoms with Crippen molar-refractivity contribution in [3.05, 3.63) is 90.2 Å². The highest BCUT2D eigenvalue weighted by Gasteiger charge is 2.24. The van der Waals surface area contributed by atoms with Crippen LogP contribution in [-0.2, 0) is 9.59 Å². The van der Waals surface area contributed by atoms with E-state index in [-0.39, 0.29) is 23.5 Å². The zero-order chi connectivity index (χ0) is 23.0. The average molecular weight is 463 g/mol. The molecule has 4 nitrogen and oxygen atoms in total. The minimum Gasteiger partial charge on any atom is -0.326 e. The highest BCUT2D eigenvalue weighted by atomic mass is 32.2. The van der Waals surface area contributed by atoms with Crippen LogP contribution in [0.4, 0.5) is 15.8 Å².